The van der Waals surface area contributed by atoms with E-state index in [9.17, 15) is 19.2 Å². The first-order chi connectivity index (χ1) is 15.9. The molecule has 35 heavy (non-hydrogen) atoms. The van der Waals surface area contributed by atoms with Gasteiger partial charge in [-0.3, -0.25) is 19.4 Å². The average molecular weight is 497 g/mol. The van der Waals surface area contributed by atoms with Crippen molar-refractivity contribution in [1.29, 1.82) is 0 Å². The van der Waals surface area contributed by atoms with Crippen LogP contribution in [0.25, 0.3) is 0 Å². The van der Waals surface area contributed by atoms with Crippen molar-refractivity contribution >= 4 is 23.9 Å². The highest BCUT2D eigenvalue weighted by molar-refractivity contribution is 5.88. The van der Waals surface area contributed by atoms with Crippen LogP contribution >= 0.6 is 0 Å². The van der Waals surface area contributed by atoms with Crippen molar-refractivity contribution in [3.05, 3.63) is 30.1 Å². The van der Waals surface area contributed by atoms with Crippen LogP contribution in [0.5, 0.6) is 0 Å². The molecule has 2 atom stereocenters. The van der Waals surface area contributed by atoms with Gasteiger partial charge in [-0.2, -0.15) is 0 Å². The van der Waals surface area contributed by atoms with Gasteiger partial charge in [0.05, 0.1) is 19.6 Å². The molecule has 0 aliphatic heterocycles. The minimum Gasteiger partial charge on any atom is -0.444 e. The molecule has 1 aromatic rings. The zero-order chi connectivity index (χ0) is 27.4. The van der Waals surface area contributed by atoms with Crippen LogP contribution in [0.1, 0.15) is 61.1 Å². The van der Waals surface area contributed by atoms with Crippen molar-refractivity contribution in [3.63, 3.8) is 0 Å². The highest BCUT2D eigenvalue weighted by Crippen LogP contribution is 2.08. The van der Waals surface area contributed by atoms with E-state index in [4.69, 9.17) is 14.3 Å². The summed E-state index contributed by atoms with van der Waals surface area (Å²) in [4.78, 5) is 55.1. The maximum absolute atomic E-state index is 11.9. The fourth-order valence-corrected chi connectivity index (χ4v) is 2.31. The second kappa shape index (κ2) is 14.2. The number of carbonyl (C=O) groups is 4. The van der Waals surface area contributed by atoms with Crippen LogP contribution in [-0.4, -0.2) is 71.4 Å². The zero-order valence-electron chi connectivity index (χ0n) is 22.4. The van der Waals surface area contributed by atoms with E-state index in [-0.39, 0.29) is 18.1 Å². The molecular formula is C24H40N4O7. The molecule has 0 aliphatic rings. The lowest BCUT2D eigenvalue weighted by atomic mass is 10.1. The summed E-state index contributed by atoms with van der Waals surface area (Å²) in [6.45, 7) is 13.8. The van der Waals surface area contributed by atoms with Crippen LogP contribution in [0.2, 0.25) is 0 Å². The first-order valence-electron chi connectivity index (χ1n) is 11.2. The largest absolute Gasteiger partial charge is 0.444 e. The first kappa shape index (κ1) is 31.8. The number of hydrogen-bond donors (Lipinski definition) is 2. The number of hydroxylamine groups is 2. The van der Waals surface area contributed by atoms with E-state index in [1.165, 1.54) is 14.2 Å². The van der Waals surface area contributed by atoms with Crippen LogP contribution in [0.3, 0.4) is 0 Å². The molecule has 11 heteroatoms. The van der Waals surface area contributed by atoms with E-state index < -0.39 is 35.5 Å². The maximum Gasteiger partial charge on any atom is 0.408 e. The molecule has 1 rings (SSSR count). The Labute approximate surface area is 207 Å². The summed E-state index contributed by atoms with van der Waals surface area (Å²) in [6.07, 6.45) is 0.610. The van der Waals surface area contributed by atoms with Crippen LogP contribution in [-0.2, 0) is 30.3 Å². The van der Waals surface area contributed by atoms with E-state index in [1.807, 2.05) is 6.07 Å². The molecule has 0 unspecified atom stereocenters. The van der Waals surface area contributed by atoms with Gasteiger partial charge in [0.15, 0.2) is 5.78 Å². The lowest BCUT2D eigenvalue weighted by Crippen LogP contribution is -2.46. The predicted molar refractivity (Wildman–Crippen MR) is 130 cm³/mol. The predicted octanol–water partition coefficient (Wildman–Crippen LogP) is 3.03. The number of carbonyl (C=O) groups excluding carboxylic acids is 4. The number of nitrogens with one attached hydrogen (secondary N) is 2. The number of likely N-dealkylation sites (N-methyl/N-ethyl adjacent to an activating group) is 1. The Morgan fingerprint density at radius 2 is 1.40 bits per heavy atom. The number of nitrogens with zero attached hydrogens (tertiary/aromatic N) is 2. The number of ether oxygens (including phenoxy) is 2. The van der Waals surface area contributed by atoms with E-state index in [2.05, 4.69) is 15.6 Å². The van der Waals surface area contributed by atoms with Gasteiger partial charge in [0.25, 0.3) is 5.91 Å². The molecule has 198 valence electrons. The quantitative estimate of drug-likeness (QED) is 0.550. The number of Topliss-reactive ketones (excluding diaryl/α,β-unsaturated/α-hetero) is 1. The SMILES string of the molecule is CON(C)C(=O)[C@H](C)NC(=O)OC(C)(C)C.C[C@H](NC(=O)OC(C)(C)C)C(=O)Cc1ccccn1. The van der Waals surface area contributed by atoms with Crippen molar-refractivity contribution in [1.82, 2.24) is 20.7 Å². The number of aromatic nitrogens is 1. The van der Waals surface area contributed by atoms with Crippen molar-refractivity contribution in [2.75, 3.05) is 14.2 Å². The third-order valence-electron chi connectivity index (χ3n) is 3.99. The molecule has 3 amide bonds. The second-order valence-corrected chi connectivity index (χ2v) is 9.72. The van der Waals surface area contributed by atoms with Crippen molar-refractivity contribution in [2.24, 2.45) is 0 Å². The molecule has 0 fully saturated rings. The molecule has 2 N–H and O–H groups in total. The Balaban J connectivity index is 0.000000672. The second-order valence-electron chi connectivity index (χ2n) is 9.72. The van der Waals surface area contributed by atoms with Crippen LogP contribution in [0.4, 0.5) is 9.59 Å². The summed E-state index contributed by atoms with van der Waals surface area (Å²) < 4.78 is 10.1. The van der Waals surface area contributed by atoms with Gasteiger partial charge in [-0.15, -0.1) is 0 Å². The number of hydrogen-bond acceptors (Lipinski definition) is 8. The molecular weight excluding hydrogens is 456 g/mol. The molecule has 11 nitrogen and oxygen atoms in total. The molecule has 1 heterocycles. The normalized spacial score (nSPS) is 12.7. The Kier molecular flexibility index (Phi) is 12.9. The van der Waals surface area contributed by atoms with E-state index in [1.54, 1.807) is 73.7 Å². The lowest BCUT2D eigenvalue weighted by molar-refractivity contribution is -0.170. The van der Waals surface area contributed by atoms with Gasteiger partial charge >= 0.3 is 12.2 Å². The smallest absolute Gasteiger partial charge is 0.408 e. The summed E-state index contributed by atoms with van der Waals surface area (Å²) in [5.74, 6) is -0.460. The monoisotopic (exact) mass is 496 g/mol. The van der Waals surface area contributed by atoms with Gasteiger partial charge in [0, 0.05) is 18.9 Å². The molecule has 0 bridgehead atoms. The molecule has 0 saturated heterocycles. The number of ketones is 1. The van der Waals surface area contributed by atoms with E-state index >= 15 is 0 Å². The van der Waals surface area contributed by atoms with Crippen LogP contribution in [0, 0.1) is 0 Å². The third kappa shape index (κ3) is 15.3. The van der Waals surface area contributed by atoms with Crippen molar-refractivity contribution < 1.29 is 33.5 Å². The zero-order valence-corrected chi connectivity index (χ0v) is 22.4. The number of pyridine rings is 1. The lowest BCUT2D eigenvalue weighted by Gasteiger charge is -2.23. The molecule has 0 aromatic carbocycles. The van der Waals surface area contributed by atoms with Gasteiger partial charge in [-0.25, -0.2) is 14.7 Å². The summed E-state index contributed by atoms with van der Waals surface area (Å²) in [5.41, 5.74) is -0.473. The topological polar surface area (TPSA) is 136 Å². The highest BCUT2D eigenvalue weighted by Gasteiger charge is 2.23. The van der Waals surface area contributed by atoms with Crippen molar-refractivity contribution in [2.45, 2.75) is 85.1 Å². The van der Waals surface area contributed by atoms with Crippen LogP contribution in [0.15, 0.2) is 24.4 Å². The Morgan fingerprint density at radius 3 is 1.80 bits per heavy atom. The first-order valence-corrected chi connectivity index (χ1v) is 11.2. The fraction of sp³-hybridized carbons (Fsp3) is 0.625. The molecule has 0 spiro atoms. The third-order valence-corrected chi connectivity index (χ3v) is 3.99. The van der Waals surface area contributed by atoms with Crippen LogP contribution < -0.4 is 10.6 Å². The highest BCUT2D eigenvalue weighted by atomic mass is 16.7. The number of alkyl carbamates (subject to hydrolysis) is 2. The Hall–Kier alpha value is -3.21. The molecule has 0 saturated carbocycles. The standard InChI is InChI=1S/C14H20N2O3.C10H20N2O4/c1-10(16-13(18)19-14(2,3)4)12(17)9-11-7-5-6-8-15-11;1-7(8(13)12(5)15-6)11-9(14)16-10(2,3)4/h5-8,10H,9H2,1-4H3,(H,16,18);7H,1-6H3,(H,11,14)/t10-;7-/m00/s1. The fourth-order valence-electron chi connectivity index (χ4n) is 2.31. The number of amides is 3. The van der Waals surface area contributed by atoms with Gasteiger partial charge in [-0.05, 0) is 67.5 Å². The average Bonchev–Trinajstić information content (AvgIpc) is 2.70. The summed E-state index contributed by atoms with van der Waals surface area (Å²) >= 11 is 0. The van der Waals surface area contributed by atoms with Gasteiger partial charge in [0.1, 0.15) is 17.2 Å². The molecule has 0 radical (unpaired) electrons. The Bertz CT molecular complexity index is 833. The van der Waals surface area contributed by atoms with E-state index in [0.29, 0.717) is 5.69 Å². The summed E-state index contributed by atoms with van der Waals surface area (Å²) in [7, 11) is 2.84. The maximum atomic E-state index is 11.9. The number of rotatable bonds is 7. The minimum absolute atomic E-state index is 0.107. The van der Waals surface area contributed by atoms with Gasteiger partial charge in [0.2, 0.25) is 0 Å². The van der Waals surface area contributed by atoms with E-state index in [0.717, 1.165) is 5.06 Å². The summed E-state index contributed by atoms with van der Waals surface area (Å²) in [6, 6.07) is 4.09. The summed E-state index contributed by atoms with van der Waals surface area (Å²) in [5, 5.41) is 5.98. The Morgan fingerprint density at radius 1 is 0.914 bits per heavy atom. The van der Waals surface area contributed by atoms with Gasteiger partial charge < -0.3 is 20.1 Å². The van der Waals surface area contributed by atoms with Crippen molar-refractivity contribution in [3.8, 4) is 0 Å². The molecule has 0 aliphatic carbocycles. The van der Waals surface area contributed by atoms with Gasteiger partial charge in [-0.1, -0.05) is 6.07 Å². The molecule has 1 aromatic heterocycles. The minimum atomic E-state index is -0.695.